The Morgan fingerprint density at radius 2 is 1.80 bits per heavy atom. The molecule has 0 bridgehead atoms. The SMILES string of the molecule is CC(C)[C@H](N)C(=O)C[C@H](/C=C/C(=O)N1Cc2ccccc2C1)C1CC1. The second-order valence-electron chi connectivity index (χ2n) is 7.76. The van der Waals surface area contributed by atoms with Gasteiger partial charge in [0.2, 0.25) is 5.91 Å². The highest BCUT2D eigenvalue weighted by Gasteiger charge is 2.33. The smallest absolute Gasteiger partial charge is 0.246 e. The number of carbonyl (C=O) groups is 2. The van der Waals surface area contributed by atoms with E-state index < -0.39 is 6.04 Å². The number of ketones is 1. The Morgan fingerprint density at radius 1 is 1.20 bits per heavy atom. The second-order valence-corrected chi connectivity index (χ2v) is 7.76. The lowest BCUT2D eigenvalue weighted by atomic mass is 9.90. The van der Waals surface area contributed by atoms with E-state index in [-0.39, 0.29) is 23.5 Å². The molecule has 1 aromatic carbocycles. The first-order valence-electron chi connectivity index (χ1n) is 9.28. The van der Waals surface area contributed by atoms with Gasteiger partial charge in [-0.25, -0.2) is 0 Å². The number of nitrogens with two attached hydrogens (primary N) is 1. The van der Waals surface area contributed by atoms with Crippen molar-refractivity contribution in [3.8, 4) is 0 Å². The van der Waals surface area contributed by atoms with Gasteiger partial charge >= 0.3 is 0 Å². The van der Waals surface area contributed by atoms with Crippen molar-refractivity contribution < 1.29 is 9.59 Å². The minimum Gasteiger partial charge on any atom is -0.330 e. The maximum atomic E-state index is 12.5. The molecule has 4 heteroatoms. The van der Waals surface area contributed by atoms with Crippen LogP contribution in [0.2, 0.25) is 0 Å². The lowest BCUT2D eigenvalue weighted by Gasteiger charge is -2.18. The minimum atomic E-state index is -0.404. The van der Waals surface area contributed by atoms with E-state index in [1.54, 1.807) is 6.08 Å². The highest BCUT2D eigenvalue weighted by molar-refractivity contribution is 5.88. The highest BCUT2D eigenvalue weighted by Crippen LogP contribution is 2.39. The van der Waals surface area contributed by atoms with Gasteiger partial charge < -0.3 is 10.6 Å². The Morgan fingerprint density at radius 3 is 2.32 bits per heavy atom. The summed E-state index contributed by atoms with van der Waals surface area (Å²) in [6.45, 7) is 5.29. The number of benzene rings is 1. The van der Waals surface area contributed by atoms with Crippen LogP contribution in [0, 0.1) is 17.8 Å². The van der Waals surface area contributed by atoms with Crippen LogP contribution in [0.3, 0.4) is 0 Å². The molecular weight excluding hydrogens is 312 g/mol. The average Bonchev–Trinajstić information content (AvgIpc) is 3.35. The molecule has 0 unspecified atom stereocenters. The molecule has 1 saturated carbocycles. The quantitative estimate of drug-likeness (QED) is 0.776. The van der Waals surface area contributed by atoms with E-state index in [0.29, 0.717) is 25.4 Å². The minimum absolute atomic E-state index is 0.0301. The van der Waals surface area contributed by atoms with E-state index in [2.05, 4.69) is 12.1 Å². The first-order valence-corrected chi connectivity index (χ1v) is 9.28. The zero-order valence-corrected chi connectivity index (χ0v) is 15.2. The van der Waals surface area contributed by atoms with Gasteiger partial charge in [0.25, 0.3) is 0 Å². The third-order valence-corrected chi connectivity index (χ3v) is 5.39. The van der Waals surface area contributed by atoms with Gasteiger partial charge in [0, 0.05) is 19.5 Å². The molecule has 2 aliphatic rings. The van der Waals surface area contributed by atoms with E-state index in [9.17, 15) is 9.59 Å². The van der Waals surface area contributed by atoms with Crippen LogP contribution in [-0.4, -0.2) is 22.6 Å². The molecule has 3 rings (SSSR count). The number of hydrogen-bond acceptors (Lipinski definition) is 3. The molecule has 1 fully saturated rings. The van der Waals surface area contributed by atoms with Crippen LogP contribution in [0.4, 0.5) is 0 Å². The first kappa shape index (κ1) is 17.9. The third-order valence-electron chi connectivity index (χ3n) is 5.39. The summed E-state index contributed by atoms with van der Waals surface area (Å²) in [5.74, 6) is 0.968. The molecule has 134 valence electrons. The number of Topliss-reactive ketones (excluding diaryl/α,β-unsaturated/α-hetero) is 1. The molecule has 25 heavy (non-hydrogen) atoms. The highest BCUT2D eigenvalue weighted by atomic mass is 16.2. The molecule has 0 saturated heterocycles. The van der Waals surface area contributed by atoms with Crippen LogP contribution < -0.4 is 5.73 Å². The Kier molecular flexibility index (Phi) is 5.38. The molecule has 1 aliphatic heterocycles. The summed E-state index contributed by atoms with van der Waals surface area (Å²) in [5, 5.41) is 0. The maximum Gasteiger partial charge on any atom is 0.246 e. The summed E-state index contributed by atoms with van der Waals surface area (Å²) in [6.07, 6.45) is 6.36. The van der Waals surface area contributed by atoms with Crippen LogP contribution in [0.1, 0.15) is 44.2 Å². The number of hydrogen-bond donors (Lipinski definition) is 1. The third kappa shape index (κ3) is 4.37. The lowest BCUT2D eigenvalue weighted by molar-refractivity contribution is -0.126. The first-order chi connectivity index (χ1) is 12.0. The van der Waals surface area contributed by atoms with Crippen molar-refractivity contribution in [2.45, 2.75) is 52.2 Å². The van der Waals surface area contributed by atoms with Gasteiger partial charge in [0.05, 0.1) is 6.04 Å². The van der Waals surface area contributed by atoms with Crippen molar-refractivity contribution in [1.82, 2.24) is 4.90 Å². The Labute approximate surface area is 150 Å². The number of allylic oxidation sites excluding steroid dienone is 1. The molecule has 0 aromatic heterocycles. The lowest BCUT2D eigenvalue weighted by Crippen LogP contribution is -2.36. The van der Waals surface area contributed by atoms with Crippen LogP contribution in [0.15, 0.2) is 36.4 Å². The molecule has 1 amide bonds. The number of carbonyl (C=O) groups excluding carboxylic acids is 2. The predicted octanol–water partition coefficient (Wildman–Crippen LogP) is 3.05. The van der Waals surface area contributed by atoms with E-state index in [1.807, 2.05) is 37.0 Å². The summed E-state index contributed by atoms with van der Waals surface area (Å²) < 4.78 is 0. The molecule has 4 nitrogen and oxygen atoms in total. The molecule has 2 atom stereocenters. The van der Waals surface area contributed by atoms with E-state index >= 15 is 0 Å². The fourth-order valence-corrected chi connectivity index (χ4v) is 3.46. The molecule has 0 radical (unpaired) electrons. The Balaban J connectivity index is 1.59. The number of rotatable bonds is 7. The van der Waals surface area contributed by atoms with Crippen LogP contribution in [-0.2, 0) is 22.7 Å². The van der Waals surface area contributed by atoms with Crippen molar-refractivity contribution >= 4 is 11.7 Å². The van der Waals surface area contributed by atoms with Crippen molar-refractivity contribution in [3.63, 3.8) is 0 Å². The van der Waals surface area contributed by atoms with Crippen molar-refractivity contribution in [3.05, 3.63) is 47.5 Å². The monoisotopic (exact) mass is 340 g/mol. The molecule has 2 N–H and O–H groups in total. The van der Waals surface area contributed by atoms with E-state index in [1.165, 1.54) is 11.1 Å². The number of fused-ring (bicyclic) bond motifs is 1. The normalized spacial score (nSPS) is 19.3. The summed E-state index contributed by atoms with van der Waals surface area (Å²) in [6, 6.07) is 7.76. The fraction of sp³-hybridized carbons (Fsp3) is 0.524. The maximum absolute atomic E-state index is 12.5. The van der Waals surface area contributed by atoms with Gasteiger partial charge in [-0.3, -0.25) is 9.59 Å². The summed E-state index contributed by atoms with van der Waals surface area (Å²) in [7, 11) is 0. The van der Waals surface area contributed by atoms with Crippen LogP contribution in [0.25, 0.3) is 0 Å². The van der Waals surface area contributed by atoms with Gasteiger partial charge in [0.15, 0.2) is 0 Å². The topological polar surface area (TPSA) is 63.4 Å². The average molecular weight is 340 g/mol. The summed E-state index contributed by atoms with van der Waals surface area (Å²) >= 11 is 0. The number of nitrogens with zero attached hydrogens (tertiary/aromatic N) is 1. The van der Waals surface area contributed by atoms with E-state index in [4.69, 9.17) is 5.73 Å². The van der Waals surface area contributed by atoms with Gasteiger partial charge in [-0.15, -0.1) is 0 Å². The van der Waals surface area contributed by atoms with Gasteiger partial charge in [-0.2, -0.15) is 0 Å². The predicted molar refractivity (Wildman–Crippen MR) is 98.5 cm³/mol. The zero-order chi connectivity index (χ0) is 18.0. The molecule has 0 spiro atoms. The molecular formula is C21H28N2O2. The molecule has 1 aromatic rings. The second kappa shape index (κ2) is 7.52. The largest absolute Gasteiger partial charge is 0.330 e. The van der Waals surface area contributed by atoms with Crippen LogP contribution in [0.5, 0.6) is 0 Å². The Hall–Kier alpha value is -1.94. The molecule has 1 heterocycles. The molecule has 1 aliphatic carbocycles. The van der Waals surface area contributed by atoms with Crippen molar-refractivity contribution in [2.75, 3.05) is 0 Å². The Bertz CT molecular complexity index is 651. The zero-order valence-electron chi connectivity index (χ0n) is 15.2. The van der Waals surface area contributed by atoms with Crippen molar-refractivity contribution in [2.24, 2.45) is 23.5 Å². The number of amides is 1. The van der Waals surface area contributed by atoms with Gasteiger partial charge in [-0.05, 0) is 47.8 Å². The standard InChI is InChI=1S/C21H28N2O2/c1-14(2)21(22)19(24)11-16(15-7-8-15)9-10-20(25)23-12-17-5-3-4-6-18(17)13-23/h3-6,9-10,14-16,21H,7-8,11-13,22H2,1-2H3/b10-9+/t16-,21-/m0/s1. The summed E-state index contributed by atoms with van der Waals surface area (Å²) in [5.41, 5.74) is 8.43. The fourth-order valence-electron chi connectivity index (χ4n) is 3.46. The van der Waals surface area contributed by atoms with E-state index in [0.717, 1.165) is 12.8 Å². The van der Waals surface area contributed by atoms with Gasteiger partial charge in [-0.1, -0.05) is 44.2 Å². The van der Waals surface area contributed by atoms with Crippen molar-refractivity contribution in [1.29, 1.82) is 0 Å². The summed E-state index contributed by atoms with van der Waals surface area (Å²) in [4.78, 5) is 26.7. The van der Waals surface area contributed by atoms with Crippen LogP contribution >= 0.6 is 0 Å². The van der Waals surface area contributed by atoms with Gasteiger partial charge in [0.1, 0.15) is 5.78 Å².